The molecule has 2 rings (SSSR count). The predicted octanol–water partition coefficient (Wildman–Crippen LogP) is -1.57. The SMILES string of the molecule is CC(=O)CC(=O)OC[C@H]1O[C@@H](n2ccc(=O)[nH]c2=O)[C@H](OC=O)[C@H]1OC(C)=O. The van der Waals surface area contributed by atoms with Crippen LogP contribution in [0.15, 0.2) is 21.9 Å². The van der Waals surface area contributed by atoms with Crippen molar-refractivity contribution in [1.29, 1.82) is 0 Å². The number of carbonyl (C=O) groups is 4. The molecule has 4 atom stereocenters. The Balaban J connectivity index is 2.30. The number of H-pyrrole nitrogens is 1. The molecule has 12 nitrogen and oxygen atoms in total. The summed E-state index contributed by atoms with van der Waals surface area (Å²) in [5, 5.41) is 0. The Labute approximate surface area is 157 Å². The van der Waals surface area contributed by atoms with Gasteiger partial charge in [-0.05, 0) is 6.92 Å². The Morgan fingerprint density at radius 3 is 2.54 bits per heavy atom. The zero-order chi connectivity index (χ0) is 20.8. The lowest BCUT2D eigenvalue weighted by molar-refractivity contribution is -0.162. The highest BCUT2D eigenvalue weighted by molar-refractivity contribution is 5.94. The number of nitrogens with zero attached hydrogens (tertiary/aromatic N) is 1. The van der Waals surface area contributed by atoms with Gasteiger partial charge >= 0.3 is 17.6 Å². The van der Waals surface area contributed by atoms with Gasteiger partial charge in [0.05, 0.1) is 0 Å². The second kappa shape index (κ2) is 9.08. The topological polar surface area (TPSA) is 160 Å². The third kappa shape index (κ3) is 5.13. The molecular formula is C16H18N2O10. The van der Waals surface area contributed by atoms with Crippen LogP contribution in [0.3, 0.4) is 0 Å². The van der Waals surface area contributed by atoms with E-state index in [2.05, 4.69) is 0 Å². The van der Waals surface area contributed by atoms with Crippen molar-refractivity contribution < 1.29 is 38.1 Å². The Morgan fingerprint density at radius 2 is 1.96 bits per heavy atom. The van der Waals surface area contributed by atoms with Gasteiger partial charge in [-0.1, -0.05) is 0 Å². The van der Waals surface area contributed by atoms with Gasteiger partial charge in [-0.2, -0.15) is 0 Å². The number of aromatic amines is 1. The van der Waals surface area contributed by atoms with Gasteiger partial charge in [0.2, 0.25) is 0 Å². The van der Waals surface area contributed by atoms with Crippen LogP contribution in [-0.2, 0) is 38.1 Å². The lowest BCUT2D eigenvalue weighted by atomic mass is 10.1. The highest BCUT2D eigenvalue weighted by Gasteiger charge is 2.50. The molecule has 0 unspecified atom stereocenters. The van der Waals surface area contributed by atoms with Crippen LogP contribution < -0.4 is 11.2 Å². The van der Waals surface area contributed by atoms with E-state index in [0.29, 0.717) is 0 Å². The molecule has 0 saturated carbocycles. The number of hydrogen-bond acceptors (Lipinski definition) is 10. The number of ketones is 1. The molecule has 1 aromatic rings. The second-order valence-corrected chi connectivity index (χ2v) is 5.92. The first kappa shape index (κ1) is 21.0. The monoisotopic (exact) mass is 398 g/mol. The van der Waals surface area contributed by atoms with Gasteiger partial charge in [-0.3, -0.25) is 33.5 Å². The van der Waals surface area contributed by atoms with Gasteiger partial charge in [0.1, 0.15) is 24.9 Å². The van der Waals surface area contributed by atoms with Gasteiger partial charge in [0.25, 0.3) is 12.0 Å². The van der Waals surface area contributed by atoms with Crippen molar-refractivity contribution in [2.75, 3.05) is 6.61 Å². The third-order valence-corrected chi connectivity index (χ3v) is 3.73. The molecule has 0 bridgehead atoms. The first-order valence-corrected chi connectivity index (χ1v) is 8.11. The summed E-state index contributed by atoms with van der Waals surface area (Å²) in [7, 11) is 0. The summed E-state index contributed by atoms with van der Waals surface area (Å²) >= 11 is 0. The van der Waals surface area contributed by atoms with Crippen LogP contribution in [0.1, 0.15) is 26.5 Å². The zero-order valence-electron chi connectivity index (χ0n) is 15.0. The van der Waals surface area contributed by atoms with Crippen molar-refractivity contribution in [3.63, 3.8) is 0 Å². The fourth-order valence-corrected chi connectivity index (χ4v) is 2.67. The van der Waals surface area contributed by atoms with Crippen LogP contribution in [-0.4, -0.2) is 58.7 Å². The van der Waals surface area contributed by atoms with Crippen LogP contribution in [0.5, 0.6) is 0 Å². The maximum Gasteiger partial charge on any atom is 0.330 e. The molecule has 1 aliphatic heterocycles. The predicted molar refractivity (Wildman–Crippen MR) is 88.0 cm³/mol. The third-order valence-electron chi connectivity index (χ3n) is 3.73. The van der Waals surface area contributed by atoms with Crippen LogP contribution >= 0.6 is 0 Å². The van der Waals surface area contributed by atoms with E-state index in [4.69, 9.17) is 18.9 Å². The molecule has 0 amide bonds. The zero-order valence-corrected chi connectivity index (χ0v) is 15.0. The van der Waals surface area contributed by atoms with Crippen molar-refractivity contribution in [1.82, 2.24) is 9.55 Å². The standard InChI is InChI=1S/C16H18N2O10/c1-8(20)5-12(23)25-6-10-13(27-9(2)21)14(26-7-19)15(28-10)18-4-3-11(22)17-16(18)24/h3-4,7,10,13-15H,5-6H2,1-2H3,(H,17,22,24)/t10-,13+,14-,15-/m1/s1. The number of ether oxygens (including phenoxy) is 4. The minimum absolute atomic E-state index is 0.0817. The summed E-state index contributed by atoms with van der Waals surface area (Å²) in [6.45, 7) is 1.97. The molecule has 2 heterocycles. The Morgan fingerprint density at radius 1 is 1.25 bits per heavy atom. The average molecular weight is 398 g/mol. The quantitative estimate of drug-likeness (QED) is 0.234. The number of aromatic nitrogens is 2. The largest absolute Gasteiger partial charge is 0.462 e. The van der Waals surface area contributed by atoms with Gasteiger partial charge in [0, 0.05) is 19.2 Å². The van der Waals surface area contributed by atoms with Crippen LogP contribution in [0.2, 0.25) is 0 Å². The number of carbonyl (C=O) groups excluding carboxylic acids is 4. The lowest BCUT2D eigenvalue weighted by Crippen LogP contribution is -2.41. The molecule has 0 spiro atoms. The van der Waals surface area contributed by atoms with Crippen molar-refractivity contribution >= 4 is 24.2 Å². The van der Waals surface area contributed by atoms with Crippen molar-refractivity contribution in [3.8, 4) is 0 Å². The second-order valence-electron chi connectivity index (χ2n) is 5.92. The van der Waals surface area contributed by atoms with Crippen molar-refractivity contribution in [3.05, 3.63) is 33.1 Å². The van der Waals surface area contributed by atoms with Gasteiger partial charge < -0.3 is 18.9 Å². The molecule has 1 aromatic heterocycles. The molecule has 28 heavy (non-hydrogen) atoms. The fourth-order valence-electron chi connectivity index (χ4n) is 2.67. The first-order chi connectivity index (χ1) is 13.2. The van der Waals surface area contributed by atoms with E-state index in [0.717, 1.165) is 23.8 Å². The Bertz CT molecular complexity index is 873. The van der Waals surface area contributed by atoms with Gasteiger partial charge in [-0.25, -0.2) is 4.79 Å². The van der Waals surface area contributed by atoms with E-state index in [1.807, 2.05) is 4.98 Å². The Hall–Kier alpha value is -3.28. The van der Waals surface area contributed by atoms with E-state index < -0.39 is 66.5 Å². The van der Waals surface area contributed by atoms with Crippen LogP contribution in [0, 0.1) is 0 Å². The van der Waals surface area contributed by atoms with Crippen molar-refractivity contribution in [2.24, 2.45) is 0 Å². The van der Waals surface area contributed by atoms with Gasteiger partial charge in [0.15, 0.2) is 18.4 Å². The summed E-state index contributed by atoms with van der Waals surface area (Å²) < 4.78 is 21.6. The summed E-state index contributed by atoms with van der Waals surface area (Å²) in [5.41, 5.74) is -1.51. The Kier molecular flexibility index (Phi) is 6.82. The molecular weight excluding hydrogens is 380 g/mol. The van der Waals surface area contributed by atoms with Gasteiger partial charge in [-0.15, -0.1) is 0 Å². The molecule has 1 N–H and O–H groups in total. The number of nitrogens with one attached hydrogen (secondary N) is 1. The minimum atomic E-state index is -1.27. The van der Waals surface area contributed by atoms with Crippen molar-refractivity contribution in [2.45, 2.75) is 44.8 Å². The summed E-state index contributed by atoms with van der Waals surface area (Å²) in [6, 6.07) is 1.05. The molecule has 1 fully saturated rings. The smallest absolute Gasteiger partial charge is 0.330 e. The van der Waals surface area contributed by atoms with E-state index >= 15 is 0 Å². The number of hydrogen-bond donors (Lipinski definition) is 1. The average Bonchev–Trinajstić information content (AvgIpc) is 2.90. The number of Topliss-reactive ketones (excluding diaryl/α,β-unsaturated/α-hetero) is 1. The summed E-state index contributed by atoms with van der Waals surface area (Å²) in [4.78, 5) is 70.3. The first-order valence-electron chi connectivity index (χ1n) is 8.11. The molecule has 1 aliphatic rings. The van der Waals surface area contributed by atoms with E-state index in [1.54, 1.807) is 0 Å². The van der Waals surface area contributed by atoms with Crippen LogP contribution in [0.25, 0.3) is 0 Å². The molecule has 152 valence electrons. The maximum absolute atomic E-state index is 12.1. The lowest BCUT2D eigenvalue weighted by Gasteiger charge is -2.22. The molecule has 12 heteroatoms. The molecule has 0 aromatic carbocycles. The normalized spacial score (nSPS) is 23.6. The summed E-state index contributed by atoms with van der Waals surface area (Å²) in [6.07, 6.45) is -4.19. The highest BCUT2D eigenvalue weighted by atomic mass is 16.7. The molecule has 0 aliphatic carbocycles. The van der Waals surface area contributed by atoms with E-state index in [9.17, 15) is 28.8 Å². The highest BCUT2D eigenvalue weighted by Crippen LogP contribution is 2.33. The van der Waals surface area contributed by atoms with E-state index in [-0.39, 0.29) is 6.47 Å². The number of rotatable bonds is 8. The minimum Gasteiger partial charge on any atom is -0.462 e. The van der Waals surface area contributed by atoms with Crippen LogP contribution in [0.4, 0.5) is 0 Å². The fraction of sp³-hybridized carbons (Fsp3) is 0.500. The maximum atomic E-state index is 12.1. The summed E-state index contributed by atoms with van der Waals surface area (Å²) in [5.74, 6) is -1.97. The number of esters is 2. The molecule has 0 radical (unpaired) electrons. The molecule has 1 saturated heterocycles. The van der Waals surface area contributed by atoms with E-state index in [1.165, 1.54) is 6.92 Å².